The van der Waals surface area contributed by atoms with Crippen LogP contribution in [-0.4, -0.2) is 16.7 Å². The molecule has 0 saturated heterocycles. The van der Waals surface area contributed by atoms with Crippen LogP contribution in [0.2, 0.25) is 5.02 Å². The molecule has 1 saturated carbocycles. The molecule has 4 nitrogen and oxygen atoms in total. The van der Waals surface area contributed by atoms with Crippen molar-refractivity contribution in [2.24, 2.45) is 11.1 Å². The highest BCUT2D eigenvalue weighted by Gasteiger charge is 2.32. The Bertz CT molecular complexity index is 620. The molecule has 2 aromatic rings. The van der Waals surface area contributed by atoms with E-state index in [1.54, 1.807) is 0 Å². The van der Waals surface area contributed by atoms with Gasteiger partial charge in [0.2, 0.25) is 5.89 Å². The number of aromatic nitrogens is 2. The van der Waals surface area contributed by atoms with Crippen molar-refractivity contribution in [1.82, 2.24) is 10.1 Å². The predicted molar refractivity (Wildman–Crippen MR) is 86.8 cm³/mol. The molecule has 5 heteroatoms. The molecule has 1 heterocycles. The first kappa shape index (κ1) is 15.5. The summed E-state index contributed by atoms with van der Waals surface area (Å²) < 4.78 is 5.45. The summed E-state index contributed by atoms with van der Waals surface area (Å²) in [7, 11) is 0. The lowest BCUT2D eigenvalue weighted by molar-refractivity contribution is 0.177. The predicted octanol–water partition coefficient (Wildman–Crippen LogP) is 3.77. The van der Waals surface area contributed by atoms with Crippen LogP contribution in [0.4, 0.5) is 0 Å². The third-order valence-electron chi connectivity index (χ3n) is 4.69. The van der Waals surface area contributed by atoms with Crippen LogP contribution in [0.15, 0.2) is 28.8 Å². The quantitative estimate of drug-likeness (QED) is 0.911. The molecule has 1 fully saturated rings. The monoisotopic (exact) mass is 319 g/mol. The van der Waals surface area contributed by atoms with Crippen molar-refractivity contribution in [1.29, 1.82) is 0 Å². The van der Waals surface area contributed by atoms with E-state index >= 15 is 0 Å². The van der Waals surface area contributed by atoms with Gasteiger partial charge in [-0.25, -0.2) is 0 Å². The van der Waals surface area contributed by atoms with Gasteiger partial charge in [-0.15, -0.1) is 0 Å². The lowest BCUT2D eigenvalue weighted by atomic mass is 9.72. The largest absolute Gasteiger partial charge is 0.339 e. The Morgan fingerprint density at radius 2 is 1.95 bits per heavy atom. The molecule has 1 aromatic heterocycles. The molecule has 3 rings (SSSR count). The standard InChI is InChI=1S/C17H22ClN3O/c18-14-7-3-2-6-13(14)10-15-20-16(22-21-15)11-17(12-19)8-4-1-5-9-17/h2-3,6-7H,1,4-5,8-12,19H2. The van der Waals surface area contributed by atoms with E-state index in [0.29, 0.717) is 24.7 Å². The Hall–Kier alpha value is -1.39. The van der Waals surface area contributed by atoms with Gasteiger partial charge in [0, 0.05) is 17.9 Å². The van der Waals surface area contributed by atoms with Crippen LogP contribution in [-0.2, 0) is 12.8 Å². The minimum absolute atomic E-state index is 0.145. The van der Waals surface area contributed by atoms with Gasteiger partial charge in [0.25, 0.3) is 0 Å². The number of hydrogen-bond donors (Lipinski definition) is 1. The fourth-order valence-corrected chi connectivity index (χ4v) is 3.52. The van der Waals surface area contributed by atoms with Crippen molar-refractivity contribution < 1.29 is 4.52 Å². The topological polar surface area (TPSA) is 64.9 Å². The molecule has 0 radical (unpaired) electrons. The van der Waals surface area contributed by atoms with Gasteiger partial charge in [0.15, 0.2) is 5.82 Å². The summed E-state index contributed by atoms with van der Waals surface area (Å²) in [4.78, 5) is 4.54. The van der Waals surface area contributed by atoms with Gasteiger partial charge < -0.3 is 10.3 Å². The first-order chi connectivity index (χ1) is 10.7. The van der Waals surface area contributed by atoms with E-state index in [2.05, 4.69) is 10.1 Å². The molecule has 22 heavy (non-hydrogen) atoms. The molecular weight excluding hydrogens is 298 g/mol. The van der Waals surface area contributed by atoms with Gasteiger partial charge in [-0.2, -0.15) is 4.98 Å². The zero-order chi connectivity index (χ0) is 15.4. The van der Waals surface area contributed by atoms with E-state index < -0.39 is 0 Å². The van der Waals surface area contributed by atoms with Crippen LogP contribution in [0.3, 0.4) is 0 Å². The van der Waals surface area contributed by atoms with Crippen LogP contribution < -0.4 is 5.73 Å². The minimum atomic E-state index is 0.145. The second-order valence-electron chi connectivity index (χ2n) is 6.31. The number of benzene rings is 1. The van der Waals surface area contributed by atoms with E-state index in [1.165, 1.54) is 19.3 Å². The van der Waals surface area contributed by atoms with Crippen LogP contribution in [0.25, 0.3) is 0 Å². The van der Waals surface area contributed by atoms with Crippen molar-refractivity contribution in [2.75, 3.05) is 6.54 Å². The zero-order valence-electron chi connectivity index (χ0n) is 12.7. The number of nitrogens with two attached hydrogens (primary N) is 1. The van der Waals surface area contributed by atoms with Gasteiger partial charge in [-0.3, -0.25) is 0 Å². The van der Waals surface area contributed by atoms with Crippen LogP contribution >= 0.6 is 11.6 Å². The Labute approximate surface area is 136 Å². The first-order valence-electron chi connectivity index (χ1n) is 7.96. The number of hydrogen-bond acceptors (Lipinski definition) is 4. The highest BCUT2D eigenvalue weighted by atomic mass is 35.5. The highest BCUT2D eigenvalue weighted by molar-refractivity contribution is 6.31. The van der Waals surface area contributed by atoms with Crippen molar-refractivity contribution in [2.45, 2.75) is 44.9 Å². The van der Waals surface area contributed by atoms with Gasteiger partial charge in [-0.1, -0.05) is 54.2 Å². The molecule has 0 unspecified atom stereocenters. The first-order valence-corrected chi connectivity index (χ1v) is 8.33. The number of nitrogens with zero attached hydrogens (tertiary/aromatic N) is 2. The molecule has 118 valence electrons. The third kappa shape index (κ3) is 3.50. The Balaban J connectivity index is 1.69. The molecule has 1 aliphatic carbocycles. The summed E-state index contributed by atoms with van der Waals surface area (Å²) >= 11 is 6.18. The maximum Gasteiger partial charge on any atom is 0.227 e. The van der Waals surface area contributed by atoms with Crippen molar-refractivity contribution in [3.63, 3.8) is 0 Å². The fourth-order valence-electron chi connectivity index (χ4n) is 3.32. The van der Waals surface area contributed by atoms with Gasteiger partial charge in [-0.05, 0) is 36.4 Å². The maximum absolute atomic E-state index is 6.18. The highest BCUT2D eigenvalue weighted by Crippen LogP contribution is 2.38. The molecule has 0 amide bonds. The molecule has 1 aromatic carbocycles. The van der Waals surface area contributed by atoms with Gasteiger partial charge in [0.1, 0.15) is 0 Å². The van der Waals surface area contributed by atoms with E-state index in [-0.39, 0.29) is 5.41 Å². The normalized spacial score (nSPS) is 17.5. The van der Waals surface area contributed by atoms with Gasteiger partial charge in [0.05, 0.1) is 0 Å². The second-order valence-corrected chi connectivity index (χ2v) is 6.72. The summed E-state index contributed by atoms with van der Waals surface area (Å²) in [6.45, 7) is 0.690. The lowest BCUT2D eigenvalue weighted by Crippen LogP contribution is -2.35. The molecule has 1 aliphatic rings. The SMILES string of the molecule is NCC1(Cc2nc(Cc3ccccc3Cl)no2)CCCCC1. The van der Waals surface area contributed by atoms with Crippen LogP contribution in [0, 0.1) is 5.41 Å². The average molecular weight is 320 g/mol. The minimum Gasteiger partial charge on any atom is -0.339 e. The lowest BCUT2D eigenvalue weighted by Gasteiger charge is -2.34. The van der Waals surface area contributed by atoms with Crippen LogP contribution in [0.5, 0.6) is 0 Å². The second kappa shape index (κ2) is 6.80. The molecule has 0 atom stereocenters. The van der Waals surface area contributed by atoms with Crippen molar-refractivity contribution in [3.05, 3.63) is 46.6 Å². The Kier molecular flexibility index (Phi) is 4.79. The fraction of sp³-hybridized carbons (Fsp3) is 0.529. The molecule has 0 spiro atoms. The summed E-state index contributed by atoms with van der Waals surface area (Å²) in [6, 6.07) is 7.75. The summed E-state index contributed by atoms with van der Waals surface area (Å²) in [5.41, 5.74) is 7.19. The summed E-state index contributed by atoms with van der Waals surface area (Å²) in [5.74, 6) is 1.39. The van der Waals surface area contributed by atoms with Crippen LogP contribution in [0.1, 0.15) is 49.4 Å². The Morgan fingerprint density at radius 1 is 1.18 bits per heavy atom. The van der Waals surface area contributed by atoms with E-state index in [1.807, 2.05) is 24.3 Å². The van der Waals surface area contributed by atoms with Gasteiger partial charge >= 0.3 is 0 Å². The Morgan fingerprint density at radius 3 is 2.68 bits per heavy atom. The molecule has 0 bridgehead atoms. The summed E-state index contributed by atoms with van der Waals surface area (Å²) in [6.07, 6.45) is 7.51. The zero-order valence-corrected chi connectivity index (χ0v) is 13.5. The average Bonchev–Trinajstić information content (AvgIpc) is 2.97. The van der Waals surface area contributed by atoms with Crippen molar-refractivity contribution >= 4 is 11.6 Å². The van der Waals surface area contributed by atoms with E-state index in [4.69, 9.17) is 21.9 Å². The van der Waals surface area contributed by atoms with E-state index in [0.717, 1.165) is 29.8 Å². The smallest absolute Gasteiger partial charge is 0.227 e. The maximum atomic E-state index is 6.18. The third-order valence-corrected chi connectivity index (χ3v) is 5.06. The number of rotatable bonds is 5. The van der Waals surface area contributed by atoms with E-state index in [9.17, 15) is 0 Å². The molecule has 0 aliphatic heterocycles. The summed E-state index contributed by atoms with van der Waals surface area (Å²) in [5, 5.41) is 4.83. The molecule has 2 N–H and O–H groups in total. The number of halogens is 1. The van der Waals surface area contributed by atoms with Crippen molar-refractivity contribution in [3.8, 4) is 0 Å². The molecular formula is C17H22ClN3O.